The number of hydrogen-bond acceptors (Lipinski definition) is 6. The Kier molecular flexibility index (Phi) is 9.23. The van der Waals surface area contributed by atoms with Gasteiger partial charge in [0.25, 0.3) is 16.3 Å². The van der Waals surface area contributed by atoms with Gasteiger partial charge in [-0.1, -0.05) is 86.2 Å². The highest BCUT2D eigenvalue weighted by Crippen LogP contribution is 2.67. The first-order valence-corrected chi connectivity index (χ1v) is 16.1. The largest absolute Gasteiger partial charge is 0.305 e. The minimum atomic E-state index is -2.44. The van der Waals surface area contributed by atoms with Gasteiger partial charge in [-0.05, 0) is 46.6 Å². The highest BCUT2D eigenvalue weighted by molar-refractivity contribution is 8.36. The fourth-order valence-electron chi connectivity index (χ4n) is 7.48. The van der Waals surface area contributed by atoms with E-state index >= 15 is 0 Å². The summed E-state index contributed by atoms with van der Waals surface area (Å²) in [5.74, 6) is 0.0757. The van der Waals surface area contributed by atoms with Gasteiger partial charge in [-0.15, -0.1) is 0 Å². The van der Waals surface area contributed by atoms with E-state index in [4.69, 9.17) is 4.18 Å². The zero-order valence-electron chi connectivity index (χ0n) is 23.3. The smallest absolute Gasteiger partial charge is 0.272 e. The van der Waals surface area contributed by atoms with Crippen molar-refractivity contribution >= 4 is 48.1 Å². The molecule has 1 heterocycles. The van der Waals surface area contributed by atoms with Crippen molar-refractivity contribution in [1.82, 2.24) is 4.90 Å². The zero-order valence-corrected chi connectivity index (χ0v) is 25.9. The molecule has 1 aromatic rings. The molecule has 35 heavy (non-hydrogen) atoms. The zero-order chi connectivity index (χ0) is 27.0. The van der Waals surface area contributed by atoms with Gasteiger partial charge in [-0.25, -0.2) is 0 Å². The molecule has 0 radical (unpaired) electrons. The Balaban J connectivity index is 2.57. The second-order valence-electron chi connectivity index (χ2n) is 12.8. The van der Waals surface area contributed by atoms with Crippen LogP contribution in [0.5, 0.6) is 0 Å². The number of hydrogen-bond donors (Lipinski definition) is 0. The van der Waals surface area contributed by atoms with Gasteiger partial charge >= 0.3 is 0 Å². The molecule has 5 nitrogen and oxygen atoms in total. The average molecular weight is 538 g/mol. The lowest BCUT2D eigenvalue weighted by molar-refractivity contribution is 0.0652. The van der Waals surface area contributed by atoms with Gasteiger partial charge in [0.15, 0.2) is 0 Å². The molecule has 0 spiro atoms. The minimum absolute atomic E-state index is 0.00156. The maximum absolute atomic E-state index is 13.4. The van der Waals surface area contributed by atoms with Gasteiger partial charge in [0, 0.05) is 12.3 Å². The van der Waals surface area contributed by atoms with E-state index < -0.39 is 8.07 Å². The molecule has 0 fully saturated rings. The fourth-order valence-corrected chi connectivity index (χ4v) is 20.8. The highest BCUT2D eigenvalue weighted by atomic mass is 32.2. The van der Waals surface area contributed by atoms with E-state index in [9.17, 15) is 14.4 Å². The molecule has 0 aromatic heterocycles. The molecule has 1 aromatic carbocycles. The Labute approximate surface area is 221 Å². The predicted molar refractivity (Wildman–Crippen MR) is 152 cm³/mol. The molecule has 2 amide bonds. The molecule has 196 valence electrons. The van der Waals surface area contributed by atoms with E-state index in [2.05, 4.69) is 62.3 Å². The second kappa shape index (κ2) is 10.7. The van der Waals surface area contributed by atoms with E-state index in [1.54, 1.807) is 24.3 Å². The van der Waals surface area contributed by atoms with Crippen LogP contribution >= 0.6 is 23.8 Å². The maximum atomic E-state index is 13.4. The number of imide groups is 1. The number of carbonyl (C=O) groups is 3. The third-order valence-corrected chi connectivity index (χ3v) is 18.1. The maximum Gasteiger partial charge on any atom is 0.272 e. The first kappa shape index (κ1) is 30.1. The van der Waals surface area contributed by atoms with E-state index in [1.807, 2.05) is 13.8 Å². The summed E-state index contributed by atoms with van der Waals surface area (Å²) in [7, 11) is -2.44. The van der Waals surface area contributed by atoms with Gasteiger partial charge < -0.3 is 4.18 Å². The van der Waals surface area contributed by atoms with Crippen LogP contribution in [0.25, 0.3) is 0 Å². The van der Waals surface area contributed by atoms with Gasteiger partial charge in [0.2, 0.25) is 0 Å². The standard InChI is InChI=1S/C27H43NO4S2Si/c1-18(2)32-34-24(31)33-17-19(35(25(3,4)5,26(6,7)8)27(9,10)11)16-28-22(29)20-14-12-13-15-21(20)23(28)30/h12-15,18-19H,16-17H2,1-11H3. The van der Waals surface area contributed by atoms with Crippen molar-refractivity contribution in [2.45, 2.75) is 103 Å². The Hall–Kier alpha value is -1.09. The van der Waals surface area contributed by atoms with Crippen molar-refractivity contribution in [3.05, 3.63) is 35.4 Å². The first-order valence-electron chi connectivity index (χ1n) is 12.3. The van der Waals surface area contributed by atoms with Crippen molar-refractivity contribution in [3.63, 3.8) is 0 Å². The summed E-state index contributed by atoms with van der Waals surface area (Å²) in [4.78, 5) is 40.9. The van der Waals surface area contributed by atoms with Crippen LogP contribution in [0.4, 0.5) is 4.79 Å². The lowest BCUT2D eigenvalue weighted by Crippen LogP contribution is -2.64. The van der Waals surface area contributed by atoms with E-state index in [0.29, 0.717) is 23.4 Å². The first-order chi connectivity index (χ1) is 15.9. The number of nitrogens with zero attached hydrogens (tertiary/aromatic N) is 1. The van der Waals surface area contributed by atoms with Crippen molar-refractivity contribution in [2.75, 3.05) is 12.3 Å². The Morgan fingerprint density at radius 3 is 1.69 bits per heavy atom. The average Bonchev–Trinajstić information content (AvgIpc) is 2.92. The van der Waals surface area contributed by atoms with Crippen molar-refractivity contribution < 1.29 is 18.6 Å². The number of fused-ring (bicyclic) bond motifs is 1. The van der Waals surface area contributed by atoms with Crippen LogP contribution < -0.4 is 0 Å². The molecule has 8 heteroatoms. The molecule has 1 aliphatic rings. The summed E-state index contributed by atoms with van der Waals surface area (Å²) in [5, 5.41) is -0.173. The van der Waals surface area contributed by atoms with Crippen LogP contribution in [-0.2, 0) is 4.18 Å². The Morgan fingerprint density at radius 1 is 0.886 bits per heavy atom. The minimum Gasteiger partial charge on any atom is -0.305 e. The normalized spacial score (nSPS) is 16.2. The van der Waals surface area contributed by atoms with Crippen LogP contribution in [0.3, 0.4) is 0 Å². The molecule has 0 bridgehead atoms. The molecule has 0 N–H and O–H groups in total. The van der Waals surface area contributed by atoms with Crippen LogP contribution in [0.1, 0.15) is 96.9 Å². The summed E-state index contributed by atoms with van der Waals surface area (Å²) < 4.78 is 5.38. The summed E-state index contributed by atoms with van der Waals surface area (Å²) in [6.45, 7) is 24.8. The summed E-state index contributed by atoms with van der Waals surface area (Å²) in [6, 6.07) is 7.04. The van der Waals surface area contributed by atoms with Gasteiger partial charge in [0.1, 0.15) is 0 Å². The Bertz CT molecular complexity index is 886. The van der Waals surface area contributed by atoms with E-state index in [-0.39, 0.29) is 43.0 Å². The number of benzene rings is 1. The third kappa shape index (κ3) is 5.91. The molecular weight excluding hydrogens is 495 g/mol. The number of carbonyl (C=O) groups excluding carboxylic acids is 3. The van der Waals surface area contributed by atoms with E-state index in [0.717, 1.165) is 12.0 Å². The van der Waals surface area contributed by atoms with Crippen LogP contribution in [0, 0.1) is 0 Å². The number of amides is 2. The van der Waals surface area contributed by atoms with Crippen molar-refractivity contribution in [1.29, 1.82) is 0 Å². The number of rotatable bonds is 7. The van der Waals surface area contributed by atoms with Gasteiger partial charge in [0.05, 0.1) is 37.3 Å². The summed E-state index contributed by atoms with van der Waals surface area (Å²) in [6.07, 6.45) is -0.0501. The highest BCUT2D eigenvalue weighted by Gasteiger charge is 2.63. The SMILES string of the molecule is CC(C)OSC(=O)SCC(CN1C(=O)c2ccccc2C1=O)[Si](C(C)(C)C)(C(C)(C)C)C(C)(C)C. The molecule has 1 unspecified atom stereocenters. The van der Waals surface area contributed by atoms with Crippen molar-refractivity contribution in [3.8, 4) is 0 Å². The summed E-state index contributed by atoms with van der Waals surface area (Å²) >= 11 is 2.14. The lowest BCUT2D eigenvalue weighted by atomic mass is 10.1. The molecule has 1 atom stereocenters. The second-order valence-corrected chi connectivity index (χ2v) is 21.7. The van der Waals surface area contributed by atoms with Gasteiger partial charge in [-0.3, -0.25) is 19.3 Å². The molecule has 2 rings (SSSR count). The molecule has 0 aliphatic carbocycles. The molecule has 0 saturated carbocycles. The fraction of sp³-hybridized carbons (Fsp3) is 0.667. The monoisotopic (exact) mass is 537 g/mol. The van der Waals surface area contributed by atoms with Crippen molar-refractivity contribution in [2.24, 2.45) is 0 Å². The molecule has 1 aliphatic heterocycles. The van der Waals surface area contributed by atoms with Crippen LogP contribution in [0.15, 0.2) is 24.3 Å². The quantitative estimate of drug-likeness (QED) is 0.198. The van der Waals surface area contributed by atoms with E-state index in [1.165, 1.54) is 16.7 Å². The number of thioether (sulfide) groups is 1. The predicted octanol–water partition coefficient (Wildman–Crippen LogP) is 8.43. The molecule has 0 saturated heterocycles. The van der Waals surface area contributed by atoms with Crippen LogP contribution in [-0.4, -0.2) is 47.6 Å². The topological polar surface area (TPSA) is 63.7 Å². The Morgan fingerprint density at radius 2 is 1.31 bits per heavy atom. The van der Waals surface area contributed by atoms with Gasteiger partial charge in [-0.2, -0.15) is 0 Å². The lowest BCUT2D eigenvalue weighted by Gasteiger charge is -2.63. The molecular formula is C27H43NO4S2Si. The summed E-state index contributed by atoms with van der Waals surface area (Å²) in [5.41, 5.74) is 0.934. The van der Waals surface area contributed by atoms with Crippen LogP contribution in [0.2, 0.25) is 20.7 Å². The third-order valence-electron chi connectivity index (χ3n) is 7.15.